The standard InChI is InChI=1S/C18H26N2O2/c1-2-22-11-9-15-12-19-10-5-8-17(19)14-20(13-15)18(21)16-6-3-4-7-16/h5-6,8,10,15H,2-4,7,9,11-14H2,1H3. The molecule has 120 valence electrons. The summed E-state index contributed by atoms with van der Waals surface area (Å²) in [5, 5.41) is 0. The molecule has 2 aliphatic rings. The van der Waals surface area contributed by atoms with Crippen LogP contribution in [0.1, 0.15) is 38.3 Å². The first-order chi connectivity index (χ1) is 10.8. The molecule has 0 saturated carbocycles. The highest BCUT2D eigenvalue weighted by molar-refractivity contribution is 5.93. The second kappa shape index (κ2) is 7.14. The molecule has 0 fully saturated rings. The van der Waals surface area contributed by atoms with Gasteiger partial charge in [-0.2, -0.15) is 0 Å². The zero-order valence-corrected chi connectivity index (χ0v) is 13.5. The summed E-state index contributed by atoms with van der Waals surface area (Å²) in [7, 11) is 0. The molecule has 4 nitrogen and oxygen atoms in total. The fourth-order valence-electron chi connectivity index (χ4n) is 3.48. The van der Waals surface area contributed by atoms with E-state index in [0.29, 0.717) is 5.92 Å². The van der Waals surface area contributed by atoms with Gasteiger partial charge in [-0.05, 0) is 50.7 Å². The van der Waals surface area contributed by atoms with Gasteiger partial charge in [0.05, 0.1) is 6.54 Å². The lowest BCUT2D eigenvalue weighted by atomic mass is 10.0. The second-order valence-corrected chi connectivity index (χ2v) is 6.31. The van der Waals surface area contributed by atoms with E-state index in [-0.39, 0.29) is 5.91 Å². The third-order valence-electron chi connectivity index (χ3n) is 4.69. The van der Waals surface area contributed by atoms with E-state index in [9.17, 15) is 4.79 Å². The number of carbonyl (C=O) groups excluding carboxylic acids is 1. The average molecular weight is 302 g/mol. The van der Waals surface area contributed by atoms with Crippen molar-refractivity contribution >= 4 is 5.91 Å². The monoisotopic (exact) mass is 302 g/mol. The smallest absolute Gasteiger partial charge is 0.249 e. The SMILES string of the molecule is CCOCCC1CN(C(=O)C2=CCCC2)Cc2cccn2C1. The van der Waals surface area contributed by atoms with Gasteiger partial charge in [-0.3, -0.25) is 4.79 Å². The molecule has 22 heavy (non-hydrogen) atoms. The molecule has 1 unspecified atom stereocenters. The Morgan fingerprint density at radius 3 is 3.09 bits per heavy atom. The number of ether oxygens (including phenoxy) is 1. The van der Waals surface area contributed by atoms with Crippen LogP contribution < -0.4 is 0 Å². The van der Waals surface area contributed by atoms with Gasteiger partial charge in [-0.1, -0.05) is 6.08 Å². The van der Waals surface area contributed by atoms with E-state index in [0.717, 1.165) is 64.1 Å². The maximum Gasteiger partial charge on any atom is 0.249 e. The highest BCUT2D eigenvalue weighted by atomic mass is 16.5. The van der Waals surface area contributed by atoms with E-state index in [1.165, 1.54) is 5.69 Å². The molecule has 1 aliphatic carbocycles. The van der Waals surface area contributed by atoms with E-state index in [4.69, 9.17) is 4.74 Å². The van der Waals surface area contributed by atoms with Gasteiger partial charge in [0.15, 0.2) is 0 Å². The highest BCUT2D eigenvalue weighted by Gasteiger charge is 2.27. The van der Waals surface area contributed by atoms with Crippen LogP contribution in [-0.2, 0) is 22.6 Å². The van der Waals surface area contributed by atoms with Gasteiger partial charge in [0.2, 0.25) is 5.91 Å². The number of fused-ring (bicyclic) bond motifs is 1. The summed E-state index contributed by atoms with van der Waals surface area (Å²) in [5.74, 6) is 0.708. The van der Waals surface area contributed by atoms with E-state index in [1.54, 1.807) is 0 Å². The molecule has 0 saturated heterocycles. The summed E-state index contributed by atoms with van der Waals surface area (Å²) in [6.45, 7) is 6.12. The van der Waals surface area contributed by atoms with Crippen molar-refractivity contribution in [2.45, 2.75) is 45.7 Å². The van der Waals surface area contributed by atoms with Crippen LogP contribution in [-0.4, -0.2) is 35.1 Å². The lowest BCUT2D eigenvalue weighted by molar-refractivity contribution is -0.128. The fourth-order valence-corrected chi connectivity index (χ4v) is 3.48. The van der Waals surface area contributed by atoms with Gasteiger partial charge in [0.25, 0.3) is 0 Å². The Morgan fingerprint density at radius 2 is 2.32 bits per heavy atom. The van der Waals surface area contributed by atoms with Crippen LogP contribution in [0.2, 0.25) is 0 Å². The molecule has 2 heterocycles. The molecule has 1 amide bonds. The minimum atomic E-state index is 0.244. The van der Waals surface area contributed by atoms with Gasteiger partial charge in [-0.15, -0.1) is 0 Å². The third-order valence-corrected chi connectivity index (χ3v) is 4.69. The second-order valence-electron chi connectivity index (χ2n) is 6.31. The Balaban J connectivity index is 1.73. The summed E-state index contributed by atoms with van der Waals surface area (Å²) in [6, 6.07) is 4.21. The third kappa shape index (κ3) is 3.43. The molecule has 1 aliphatic heterocycles. The van der Waals surface area contributed by atoms with Gasteiger partial charge < -0.3 is 14.2 Å². The maximum absolute atomic E-state index is 12.8. The number of aromatic nitrogens is 1. The number of hydrogen-bond acceptors (Lipinski definition) is 2. The van der Waals surface area contributed by atoms with Crippen LogP contribution in [0.3, 0.4) is 0 Å². The Morgan fingerprint density at radius 1 is 1.41 bits per heavy atom. The highest BCUT2D eigenvalue weighted by Crippen LogP contribution is 2.25. The summed E-state index contributed by atoms with van der Waals surface area (Å²) in [6.07, 6.45) is 8.39. The van der Waals surface area contributed by atoms with Crippen LogP contribution in [0.15, 0.2) is 30.0 Å². The maximum atomic E-state index is 12.8. The number of amides is 1. The van der Waals surface area contributed by atoms with Crippen molar-refractivity contribution in [3.8, 4) is 0 Å². The minimum absolute atomic E-state index is 0.244. The number of carbonyl (C=O) groups is 1. The fraction of sp³-hybridized carbons (Fsp3) is 0.611. The molecular weight excluding hydrogens is 276 g/mol. The van der Waals surface area contributed by atoms with Crippen molar-refractivity contribution in [3.05, 3.63) is 35.7 Å². The largest absolute Gasteiger partial charge is 0.382 e. The zero-order valence-electron chi connectivity index (χ0n) is 13.5. The molecule has 0 N–H and O–H groups in total. The molecule has 4 heteroatoms. The van der Waals surface area contributed by atoms with E-state index in [1.807, 2.05) is 11.8 Å². The normalized spacial score (nSPS) is 21.4. The molecule has 0 aromatic carbocycles. The van der Waals surface area contributed by atoms with Crippen molar-refractivity contribution in [1.82, 2.24) is 9.47 Å². The molecule has 0 bridgehead atoms. The lowest BCUT2D eigenvalue weighted by Gasteiger charge is -2.24. The van der Waals surface area contributed by atoms with Crippen molar-refractivity contribution in [1.29, 1.82) is 0 Å². The van der Waals surface area contributed by atoms with Crippen LogP contribution in [0.5, 0.6) is 0 Å². The Kier molecular flexibility index (Phi) is 4.98. The van der Waals surface area contributed by atoms with Gasteiger partial charge in [-0.25, -0.2) is 0 Å². The van der Waals surface area contributed by atoms with E-state index in [2.05, 4.69) is 29.0 Å². The minimum Gasteiger partial charge on any atom is -0.382 e. The predicted molar refractivity (Wildman–Crippen MR) is 86.4 cm³/mol. The molecule has 1 aromatic heterocycles. The average Bonchev–Trinajstić information content (AvgIpc) is 3.16. The predicted octanol–water partition coefficient (Wildman–Crippen LogP) is 2.98. The van der Waals surface area contributed by atoms with Gasteiger partial charge >= 0.3 is 0 Å². The van der Waals surface area contributed by atoms with Crippen molar-refractivity contribution < 1.29 is 9.53 Å². The van der Waals surface area contributed by atoms with E-state index < -0.39 is 0 Å². The van der Waals surface area contributed by atoms with Crippen LogP contribution in [0.25, 0.3) is 0 Å². The molecule has 3 rings (SSSR count). The van der Waals surface area contributed by atoms with Crippen LogP contribution in [0.4, 0.5) is 0 Å². The molecular formula is C18H26N2O2. The number of nitrogens with zero attached hydrogens (tertiary/aromatic N) is 2. The molecule has 1 aromatic rings. The number of rotatable bonds is 5. The Bertz CT molecular complexity index is 547. The first-order valence-corrected chi connectivity index (χ1v) is 8.48. The van der Waals surface area contributed by atoms with Gasteiger partial charge in [0.1, 0.15) is 0 Å². The van der Waals surface area contributed by atoms with Crippen LogP contribution >= 0.6 is 0 Å². The summed E-state index contributed by atoms with van der Waals surface area (Å²) in [4.78, 5) is 14.8. The summed E-state index contributed by atoms with van der Waals surface area (Å²) < 4.78 is 7.82. The zero-order chi connectivity index (χ0) is 15.4. The quantitative estimate of drug-likeness (QED) is 0.784. The molecule has 0 spiro atoms. The lowest BCUT2D eigenvalue weighted by Crippen LogP contribution is -2.35. The van der Waals surface area contributed by atoms with Crippen molar-refractivity contribution in [3.63, 3.8) is 0 Å². The first-order valence-electron chi connectivity index (χ1n) is 8.48. The summed E-state index contributed by atoms with van der Waals surface area (Å²) >= 11 is 0. The van der Waals surface area contributed by atoms with Crippen LogP contribution in [0, 0.1) is 5.92 Å². The Hall–Kier alpha value is -1.55. The summed E-state index contributed by atoms with van der Waals surface area (Å²) in [5.41, 5.74) is 2.26. The van der Waals surface area contributed by atoms with E-state index >= 15 is 0 Å². The Labute approximate surface area is 132 Å². The first kappa shape index (κ1) is 15.3. The van der Waals surface area contributed by atoms with Gasteiger partial charge in [0, 0.05) is 43.8 Å². The number of hydrogen-bond donors (Lipinski definition) is 0. The molecule has 0 radical (unpaired) electrons. The van der Waals surface area contributed by atoms with Crippen molar-refractivity contribution in [2.24, 2.45) is 5.92 Å². The van der Waals surface area contributed by atoms with Crippen molar-refractivity contribution in [2.75, 3.05) is 19.8 Å². The topological polar surface area (TPSA) is 34.5 Å². The number of allylic oxidation sites excluding steroid dienone is 1. The molecule has 1 atom stereocenters.